The number of hydrogen-bond donors (Lipinski definition) is 3. The molecular weight excluding hydrogens is 410 g/mol. The van der Waals surface area contributed by atoms with Crippen molar-refractivity contribution in [3.05, 3.63) is 11.9 Å². The fraction of sp³-hybridized carbons (Fsp3) is 0.900. The standard InChI is InChI=1S/C20H37N3O8/c1-14(2)4-5-28-6-7-29-8-9-30-13-15-11-23(22-21-15)12-18-16(24)10-17(25)19(26)20(27-3)31-18/h11,14,16-20,24-26H,4-10,12-13H2,1-3H3/t16-,17-,18+,19+,20-/m0/s1. The third kappa shape index (κ3) is 9.46. The molecule has 1 aliphatic heterocycles. The zero-order valence-electron chi connectivity index (χ0n) is 18.6. The van der Waals surface area contributed by atoms with Crippen LogP contribution in [0.3, 0.4) is 0 Å². The Morgan fingerprint density at radius 2 is 1.74 bits per heavy atom. The number of hydrogen-bond acceptors (Lipinski definition) is 10. The Morgan fingerprint density at radius 3 is 2.42 bits per heavy atom. The van der Waals surface area contributed by atoms with Crippen molar-refractivity contribution in [2.75, 3.05) is 40.1 Å². The van der Waals surface area contributed by atoms with E-state index in [1.165, 1.54) is 11.8 Å². The number of nitrogens with zero attached hydrogens (tertiary/aromatic N) is 3. The molecule has 0 unspecified atom stereocenters. The lowest BCUT2D eigenvalue weighted by Crippen LogP contribution is -2.39. The van der Waals surface area contributed by atoms with E-state index < -0.39 is 30.7 Å². The molecule has 0 saturated carbocycles. The van der Waals surface area contributed by atoms with Crippen LogP contribution in [0.15, 0.2) is 6.20 Å². The number of aliphatic hydroxyl groups is 3. The highest BCUT2D eigenvalue weighted by molar-refractivity contribution is 4.91. The lowest BCUT2D eigenvalue weighted by atomic mass is 10.0. The van der Waals surface area contributed by atoms with Crippen LogP contribution in [0, 0.1) is 5.92 Å². The third-order valence-electron chi connectivity index (χ3n) is 4.91. The van der Waals surface area contributed by atoms with Crippen molar-refractivity contribution in [2.45, 2.75) is 70.5 Å². The first-order valence-electron chi connectivity index (χ1n) is 10.7. The highest BCUT2D eigenvalue weighted by atomic mass is 16.7. The SMILES string of the molecule is CO[C@H]1O[C@H](Cn2cc(COCCOCCOCCC(C)C)nn2)[C@@H](O)C[C@H](O)[C@H]1O. The van der Waals surface area contributed by atoms with E-state index in [1.807, 2.05) is 0 Å². The lowest BCUT2D eigenvalue weighted by Gasteiger charge is -2.25. The summed E-state index contributed by atoms with van der Waals surface area (Å²) >= 11 is 0. The molecule has 5 atom stereocenters. The molecule has 180 valence electrons. The Balaban J connectivity index is 1.63. The maximum Gasteiger partial charge on any atom is 0.186 e. The number of rotatable bonds is 14. The van der Waals surface area contributed by atoms with Gasteiger partial charge in [-0.05, 0) is 12.3 Å². The lowest BCUT2D eigenvalue weighted by molar-refractivity contribution is -0.219. The fourth-order valence-electron chi connectivity index (χ4n) is 3.04. The van der Waals surface area contributed by atoms with Gasteiger partial charge in [0.05, 0.1) is 58.0 Å². The van der Waals surface area contributed by atoms with Gasteiger partial charge in [-0.15, -0.1) is 5.10 Å². The summed E-state index contributed by atoms with van der Waals surface area (Å²) in [6, 6.07) is 0. The van der Waals surface area contributed by atoms with E-state index in [0.29, 0.717) is 38.0 Å². The van der Waals surface area contributed by atoms with Crippen LogP contribution in [0.5, 0.6) is 0 Å². The Morgan fingerprint density at radius 1 is 1.06 bits per heavy atom. The number of aliphatic hydroxyl groups excluding tert-OH is 3. The average Bonchev–Trinajstić information content (AvgIpc) is 3.14. The summed E-state index contributed by atoms with van der Waals surface area (Å²) in [6.45, 7) is 7.55. The van der Waals surface area contributed by atoms with Crippen LogP contribution in [0.1, 0.15) is 32.4 Å². The van der Waals surface area contributed by atoms with Crippen molar-refractivity contribution in [2.24, 2.45) is 5.92 Å². The molecule has 0 radical (unpaired) electrons. The first-order chi connectivity index (χ1) is 14.9. The molecule has 0 aliphatic carbocycles. The van der Waals surface area contributed by atoms with Crippen molar-refractivity contribution in [1.82, 2.24) is 15.0 Å². The smallest absolute Gasteiger partial charge is 0.186 e. The van der Waals surface area contributed by atoms with Crippen molar-refractivity contribution >= 4 is 0 Å². The minimum absolute atomic E-state index is 0.0286. The summed E-state index contributed by atoms with van der Waals surface area (Å²) in [5.74, 6) is 0.639. The highest BCUT2D eigenvalue weighted by Gasteiger charge is 2.38. The molecule has 1 aromatic heterocycles. The topological polar surface area (TPSA) is 138 Å². The van der Waals surface area contributed by atoms with Crippen molar-refractivity contribution in [1.29, 1.82) is 0 Å². The molecule has 1 fully saturated rings. The van der Waals surface area contributed by atoms with Crippen LogP contribution in [0.2, 0.25) is 0 Å². The highest BCUT2D eigenvalue weighted by Crippen LogP contribution is 2.22. The molecule has 31 heavy (non-hydrogen) atoms. The Kier molecular flexibility index (Phi) is 11.8. The summed E-state index contributed by atoms with van der Waals surface area (Å²) in [5, 5.41) is 38.2. The molecule has 11 nitrogen and oxygen atoms in total. The summed E-state index contributed by atoms with van der Waals surface area (Å²) in [5.41, 5.74) is 0.628. The van der Waals surface area contributed by atoms with Crippen LogP contribution in [0.25, 0.3) is 0 Å². The first-order valence-corrected chi connectivity index (χ1v) is 10.7. The minimum Gasteiger partial charge on any atom is -0.390 e. The van der Waals surface area contributed by atoms with Crippen LogP contribution in [-0.2, 0) is 36.8 Å². The van der Waals surface area contributed by atoms with Gasteiger partial charge in [0.2, 0.25) is 0 Å². The van der Waals surface area contributed by atoms with Gasteiger partial charge < -0.3 is 39.0 Å². The Hall–Kier alpha value is -1.18. The van der Waals surface area contributed by atoms with Gasteiger partial charge in [-0.1, -0.05) is 19.1 Å². The number of ether oxygens (including phenoxy) is 5. The normalized spacial score (nSPS) is 27.0. The second-order valence-corrected chi connectivity index (χ2v) is 8.03. The average molecular weight is 448 g/mol. The van der Waals surface area contributed by atoms with E-state index in [0.717, 1.165) is 13.0 Å². The van der Waals surface area contributed by atoms with Gasteiger partial charge in [0, 0.05) is 20.1 Å². The van der Waals surface area contributed by atoms with E-state index in [2.05, 4.69) is 24.2 Å². The van der Waals surface area contributed by atoms with Crippen molar-refractivity contribution < 1.29 is 39.0 Å². The molecule has 2 rings (SSSR count). The molecule has 0 spiro atoms. The molecule has 0 bridgehead atoms. The van der Waals surface area contributed by atoms with Gasteiger partial charge in [0.1, 0.15) is 17.9 Å². The molecule has 3 N–H and O–H groups in total. The fourth-order valence-corrected chi connectivity index (χ4v) is 3.04. The van der Waals surface area contributed by atoms with Crippen LogP contribution >= 0.6 is 0 Å². The summed E-state index contributed by atoms with van der Waals surface area (Å²) < 4.78 is 28.7. The van der Waals surface area contributed by atoms with E-state index in [1.54, 1.807) is 6.20 Å². The predicted octanol–water partition coefficient (Wildman–Crippen LogP) is -0.282. The van der Waals surface area contributed by atoms with Gasteiger partial charge in [0.15, 0.2) is 6.29 Å². The van der Waals surface area contributed by atoms with Gasteiger partial charge in [-0.25, -0.2) is 4.68 Å². The van der Waals surface area contributed by atoms with Crippen LogP contribution in [-0.4, -0.2) is 101 Å². The molecule has 2 heterocycles. The molecule has 1 saturated heterocycles. The van der Waals surface area contributed by atoms with E-state index >= 15 is 0 Å². The summed E-state index contributed by atoms with van der Waals surface area (Å²) in [4.78, 5) is 0. The quantitative estimate of drug-likeness (QED) is 0.326. The molecule has 0 aromatic carbocycles. The van der Waals surface area contributed by atoms with Crippen LogP contribution < -0.4 is 0 Å². The van der Waals surface area contributed by atoms with E-state index in [4.69, 9.17) is 23.7 Å². The maximum atomic E-state index is 10.3. The van der Waals surface area contributed by atoms with Gasteiger partial charge in [0.25, 0.3) is 0 Å². The van der Waals surface area contributed by atoms with Gasteiger partial charge >= 0.3 is 0 Å². The van der Waals surface area contributed by atoms with Gasteiger partial charge in [-0.2, -0.15) is 0 Å². The molecule has 1 aromatic rings. The van der Waals surface area contributed by atoms with Crippen LogP contribution in [0.4, 0.5) is 0 Å². The van der Waals surface area contributed by atoms with E-state index in [9.17, 15) is 15.3 Å². The third-order valence-corrected chi connectivity index (χ3v) is 4.91. The first kappa shape index (κ1) is 26.1. The van der Waals surface area contributed by atoms with Gasteiger partial charge in [-0.3, -0.25) is 0 Å². The second kappa shape index (κ2) is 14.1. The largest absolute Gasteiger partial charge is 0.390 e. The molecule has 1 aliphatic rings. The molecule has 0 amide bonds. The number of aromatic nitrogens is 3. The Labute approximate surface area is 183 Å². The van der Waals surface area contributed by atoms with Crippen molar-refractivity contribution in [3.8, 4) is 0 Å². The minimum atomic E-state index is -1.24. The zero-order chi connectivity index (χ0) is 22.6. The van der Waals surface area contributed by atoms with E-state index in [-0.39, 0.29) is 19.6 Å². The molecular formula is C20H37N3O8. The zero-order valence-corrected chi connectivity index (χ0v) is 18.6. The summed E-state index contributed by atoms with van der Waals surface area (Å²) in [6.07, 6.45) is -2.41. The monoisotopic (exact) mass is 447 g/mol. The summed E-state index contributed by atoms with van der Waals surface area (Å²) in [7, 11) is 1.36. The maximum absolute atomic E-state index is 10.3. The second-order valence-electron chi connectivity index (χ2n) is 8.03. The predicted molar refractivity (Wildman–Crippen MR) is 109 cm³/mol. The number of methoxy groups -OCH3 is 1. The Bertz CT molecular complexity index is 603. The molecule has 11 heteroatoms. The van der Waals surface area contributed by atoms with Crippen molar-refractivity contribution in [3.63, 3.8) is 0 Å².